The van der Waals surface area contributed by atoms with Crippen LogP contribution < -0.4 is 0 Å². The first kappa shape index (κ1) is 31.5. The maximum Gasteiger partial charge on any atom is 0.147 e. The molecule has 2 heterocycles. The predicted octanol–water partition coefficient (Wildman–Crippen LogP) is 16.3. The molecule has 0 saturated carbocycles. The van der Waals surface area contributed by atoms with Crippen LogP contribution in [-0.4, -0.2) is 0 Å². The molecule has 0 bridgehead atoms. The zero-order chi connectivity index (χ0) is 37.9. The van der Waals surface area contributed by atoms with E-state index >= 15 is 0 Å². The third-order valence-electron chi connectivity index (χ3n) is 12.4. The van der Waals surface area contributed by atoms with Gasteiger partial charge in [-0.05, 0) is 130 Å². The molecule has 0 aliphatic rings. The molecular weight excluding hydrogens is 705 g/mol. The second kappa shape index (κ2) is 11.9. The normalized spacial score (nSPS) is 12.1. The summed E-state index contributed by atoms with van der Waals surface area (Å²) < 4.78 is 13.0. The molecule has 0 aliphatic carbocycles. The molecule has 2 nitrogen and oxygen atoms in total. The van der Waals surface area contributed by atoms with Crippen LogP contribution in [0.5, 0.6) is 0 Å². The molecule has 0 atom stereocenters. The lowest BCUT2D eigenvalue weighted by Crippen LogP contribution is -1.91. The predicted molar refractivity (Wildman–Crippen MR) is 245 cm³/mol. The lowest BCUT2D eigenvalue weighted by atomic mass is 9.84. The summed E-state index contributed by atoms with van der Waals surface area (Å²) in [7, 11) is 0. The van der Waals surface area contributed by atoms with Gasteiger partial charge < -0.3 is 8.83 Å². The first-order chi connectivity index (χ1) is 28.7. The third-order valence-corrected chi connectivity index (χ3v) is 12.4. The van der Waals surface area contributed by atoms with E-state index in [0.717, 1.165) is 55.0 Å². The molecule has 11 aromatic carbocycles. The van der Waals surface area contributed by atoms with Crippen molar-refractivity contribution in [2.24, 2.45) is 0 Å². The molecule has 13 rings (SSSR count). The fourth-order valence-corrected chi connectivity index (χ4v) is 9.80. The lowest BCUT2D eigenvalue weighted by molar-refractivity contribution is 0.663. The summed E-state index contributed by atoms with van der Waals surface area (Å²) in [6, 6.07) is 70.5. The Hall–Kier alpha value is -7.68. The Kier molecular flexibility index (Phi) is 6.47. The number of benzene rings is 11. The highest BCUT2D eigenvalue weighted by atomic mass is 16.3. The van der Waals surface area contributed by atoms with Gasteiger partial charge >= 0.3 is 0 Å². The molecule has 0 amide bonds. The minimum Gasteiger partial charge on any atom is -0.456 e. The van der Waals surface area contributed by atoms with Crippen molar-refractivity contribution in [2.75, 3.05) is 0 Å². The van der Waals surface area contributed by atoms with Crippen LogP contribution in [-0.2, 0) is 0 Å². The number of hydrogen-bond acceptors (Lipinski definition) is 2. The van der Waals surface area contributed by atoms with E-state index in [9.17, 15) is 0 Å². The summed E-state index contributed by atoms with van der Waals surface area (Å²) in [6.07, 6.45) is 0. The van der Waals surface area contributed by atoms with Crippen LogP contribution in [0, 0.1) is 0 Å². The molecule has 2 heteroatoms. The Morgan fingerprint density at radius 2 is 0.776 bits per heavy atom. The van der Waals surface area contributed by atoms with Crippen molar-refractivity contribution >= 4 is 97.7 Å². The summed E-state index contributed by atoms with van der Waals surface area (Å²) in [5.74, 6) is 0. The Morgan fingerprint density at radius 3 is 1.53 bits per heavy atom. The maximum absolute atomic E-state index is 6.63. The first-order valence-electron chi connectivity index (χ1n) is 19.9. The van der Waals surface area contributed by atoms with Crippen molar-refractivity contribution < 1.29 is 8.83 Å². The second-order valence-electron chi connectivity index (χ2n) is 15.5. The first-order valence-corrected chi connectivity index (χ1v) is 19.9. The van der Waals surface area contributed by atoms with Gasteiger partial charge in [-0.3, -0.25) is 0 Å². The van der Waals surface area contributed by atoms with Crippen molar-refractivity contribution in [3.63, 3.8) is 0 Å². The van der Waals surface area contributed by atoms with E-state index in [-0.39, 0.29) is 0 Å². The van der Waals surface area contributed by atoms with Gasteiger partial charge in [0.1, 0.15) is 22.3 Å². The molecule has 0 radical (unpaired) electrons. The second-order valence-corrected chi connectivity index (χ2v) is 15.5. The summed E-state index contributed by atoms with van der Waals surface area (Å²) in [6.45, 7) is 0. The Balaban J connectivity index is 0.958. The Morgan fingerprint density at radius 1 is 0.259 bits per heavy atom. The maximum atomic E-state index is 6.63. The van der Waals surface area contributed by atoms with Gasteiger partial charge in [-0.2, -0.15) is 0 Å². The molecule has 13 aromatic rings. The molecule has 0 aliphatic heterocycles. The Bertz CT molecular complexity index is 3800. The zero-order valence-electron chi connectivity index (χ0n) is 31.3. The van der Waals surface area contributed by atoms with Gasteiger partial charge in [0.05, 0.1) is 5.39 Å². The van der Waals surface area contributed by atoms with Crippen molar-refractivity contribution in [2.45, 2.75) is 0 Å². The Labute approximate surface area is 332 Å². The van der Waals surface area contributed by atoms with E-state index < -0.39 is 0 Å². The van der Waals surface area contributed by atoms with Gasteiger partial charge in [-0.1, -0.05) is 152 Å². The van der Waals surface area contributed by atoms with Gasteiger partial charge in [0.15, 0.2) is 0 Å². The number of hydrogen-bond donors (Lipinski definition) is 0. The van der Waals surface area contributed by atoms with E-state index in [0.29, 0.717) is 0 Å². The minimum absolute atomic E-state index is 0.833. The molecular formula is C56H32O2. The average molecular weight is 737 g/mol. The van der Waals surface area contributed by atoms with Crippen LogP contribution in [0.15, 0.2) is 203 Å². The van der Waals surface area contributed by atoms with E-state index in [1.54, 1.807) is 0 Å². The SMILES string of the molecule is c1ccc2c(-c3c4ccccc4c(-c4ccc5cc(-c6ccc7oc8ccc9c(oc%10ccc%11ccccc%11c%109)c8c7c6)ccc5c4)c4ccccc34)cccc2c1. The number of fused-ring (bicyclic) bond motifs is 13. The van der Waals surface area contributed by atoms with Gasteiger partial charge in [-0.15, -0.1) is 0 Å². The quantitative estimate of drug-likeness (QED) is 0.169. The van der Waals surface area contributed by atoms with E-state index in [1.165, 1.54) is 76.1 Å². The minimum atomic E-state index is 0.833. The fraction of sp³-hybridized carbons (Fsp3) is 0. The number of furan rings is 2. The van der Waals surface area contributed by atoms with Crippen LogP contribution in [0.1, 0.15) is 0 Å². The highest BCUT2D eigenvalue weighted by Gasteiger charge is 2.20. The molecule has 0 N–H and O–H groups in total. The highest BCUT2D eigenvalue weighted by Crippen LogP contribution is 2.46. The van der Waals surface area contributed by atoms with E-state index in [1.807, 2.05) is 0 Å². The van der Waals surface area contributed by atoms with Crippen LogP contribution in [0.2, 0.25) is 0 Å². The highest BCUT2D eigenvalue weighted by molar-refractivity contribution is 6.27. The van der Waals surface area contributed by atoms with Crippen LogP contribution in [0.3, 0.4) is 0 Å². The topological polar surface area (TPSA) is 26.3 Å². The summed E-state index contributed by atoms with van der Waals surface area (Å²) in [4.78, 5) is 0. The van der Waals surface area contributed by atoms with E-state index in [2.05, 4.69) is 194 Å². The molecule has 268 valence electrons. The van der Waals surface area contributed by atoms with Crippen LogP contribution in [0.4, 0.5) is 0 Å². The van der Waals surface area contributed by atoms with Gasteiger partial charge in [0, 0.05) is 16.2 Å². The van der Waals surface area contributed by atoms with Crippen molar-refractivity contribution in [1.29, 1.82) is 0 Å². The molecule has 0 unspecified atom stereocenters. The summed E-state index contributed by atoms with van der Waals surface area (Å²) in [5.41, 5.74) is 10.8. The largest absolute Gasteiger partial charge is 0.456 e. The summed E-state index contributed by atoms with van der Waals surface area (Å²) >= 11 is 0. The van der Waals surface area contributed by atoms with Crippen LogP contribution >= 0.6 is 0 Å². The fourth-order valence-electron chi connectivity index (χ4n) is 9.80. The van der Waals surface area contributed by atoms with Crippen molar-refractivity contribution in [1.82, 2.24) is 0 Å². The molecule has 2 aromatic heterocycles. The van der Waals surface area contributed by atoms with Gasteiger partial charge in [-0.25, -0.2) is 0 Å². The molecule has 0 spiro atoms. The molecule has 58 heavy (non-hydrogen) atoms. The zero-order valence-corrected chi connectivity index (χ0v) is 31.3. The molecule has 0 fully saturated rings. The number of rotatable bonds is 3. The standard InChI is InChI=1S/C56H32O2/c1-3-13-40-33(10-1)12-9-19-42(40)53-45-17-7-5-15-43(45)52(44-16-6-8-18-46(44)53)39-23-22-35-30-36(20-21-37(35)31-39)38-25-27-49-48(32-38)55-51(57-49)29-26-47-54-41-14-4-2-11-34(41)24-28-50(54)58-56(47)55/h1-32H. The smallest absolute Gasteiger partial charge is 0.147 e. The van der Waals surface area contributed by atoms with Crippen LogP contribution in [0.25, 0.3) is 131 Å². The van der Waals surface area contributed by atoms with Gasteiger partial charge in [0.25, 0.3) is 0 Å². The van der Waals surface area contributed by atoms with Gasteiger partial charge in [0.2, 0.25) is 0 Å². The van der Waals surface area contributed by atoms with Crippen molar-refractivity contribution in [3.05, 3.63) is 194 Å². The lowest BCUT2D eigenvalue weighted by Gasteiger charge is -2.19. The third kappa shape index (κ3) is 4.48. The van der Waals surface area contributed by atoms with Crippen molar-refractivity contribution in [3.8, 4) is 33.4 Å². The average Bonchev–Trinajstić information content (AvgIpc) is 3.86. The molecule has 0 saturated heterocycles. The van der Waals surface area contributed by atoms with E-state index in [4.69, 9.17) is 8.83 Å². The monoisotopic (exact) mass is 736 g/mol. The summed E-state index contributed by atoms with van der Waals surface area (Å²) in [5, 5.41) is 16.7.